The Morgan fingerprint density at radius 1 is 0.895 bits per heavy atom. The molecule has 0 saturated heterocycles. The summed E-state index contributed by atoms with van der Waals surface area (Å²) in [6, 6.07) is 4.01. The average molecular weight is 303 g/mol. The molecule has 1 aromatic carbocycles. The van der Waals surface area contributed by atoms with Crippen LogP contribution in [0.15, 0.2) is 12.1 Å². The summed E-state index contributed by atoms with van der Waals surface area (Å²) in [5.74, 6) is 0.928. The van der Waals surface area contributed by atoms with Crippen molar-refractivity contribution in [2.45, 2.75) is 63.6 Å². The third kappa shape index (κ3) is 5.62. The van der Waals surface area contributed by atoms with E-state index in [2.05, 4.69) is 6.92 Å². The first-order chi connectivity index (χ1) is 9.22. The minimum absolute atomic E-state index is 0.261. The van der Waals surface area contributed by atoms with E-state index in [-0.39, 0.29) is 5.75 Å². The quantitative estimate of drug-likeness (QED) is 0.453. The topological polar surface area (TPSA) is 20.2 Å². The number of halogens is 2. The number of aromatic hydroxyl groups is 1. The fraction of sp³-hybridized carbons (Fsp3) is 0.625. The van der Waals surface area contributed by atoms with Gasteiger partial charge in [-0.3, -0.25) is 0 Å². The van der Waals surface area contributed by atoms with Gasteiger partial charge in [0.05, 0.1) is 11.8 Å². The smallest absolute Gasteiger partial charge is 0.124 e. The zero-order chi connectivity index (χ0) is 14.1. The van der Waals surface area contributed by atoms with Gasteiger partial charge >= 0.3 is 0 Å². The molecule has 0 heterocycles. The molecular weight excluding hydrogens is 279 g/mol. The predicted molar refractivity (Wildman–Crippen MR) is 84.3 cm³/mol. The van der Waals surface area contributed by atoms with Crippen LogP contribution in [0.2, 0.25) is 0 Å². The zero-order valence-electron chi connectivity index (χ0n) is 11.7. The number of phenolic OH excluding ortho intramolecular Hbond substituents is 1. The number of hydrogen-bond donors (Lipinski definition) is 1. The SMILES string of the molecule is CCCCCCCCc1cc(CCl)c(O)c(CCl)c1. The Bertz CT molecular complexity index is 352. The maximum atomic E-state index is 9.91. The molecule has 0 amide bonds. The molecule has 1 N–H and O–H groups in total. The van der Waals surface area contributed by atoms with E-state index in [9.17, 15) is 5.11 Å². The third-order valence-electron chi connectivity index (χ3n) is 3.43. The first-order valence-electron chi connectivity index (χ1n) is 7.18. The predicted octanol–water partition coefficient (Wildman–Crippen LogP) is 5.77. The van der Waals surface area contributed by atoms with Gasteiger partial charge in [0.25, 0.3) is 0 Å². The average Bonchev–Trinajstić information content (AvgIpc) is 2.44. The lowest BCUT2D eigenvalue weighted by Gasteiger charge is -2.10. The van der Waals surface area contributed by atoms with E-state index in [0.29, 0.717) is 11.8 Å². The van der Waals surface area contributed by atoms with Crippen LogP contribution in [-0.2, 0) is 18.2 Å². The van der Waals surface area contributed by atoms with Crippen molar-refractivity contribution in [1.29, 1.82) is 0 Å². The Hall–Kier alpha value is -0.400. The highest BCUT2D eigenvalue weighted by Crippen LogP contribution is 2.28. The first kappa shape index (κ1) is 16.7. The van der Waals surface area contributed by atoms with Crippen LogP contribution in [0.5, 0.6) is 5.75 Å². The lowest BCUT2D eigenvalue weighted by atomic mass is 10.0. The molecule has 19 heavy (non-hydrogen) atoms. The minimum Gasteiger partial charge on any atom is -0.507 e. The molecule has 0 bridgehead atoms. The van der Waals surface area contributed by atoms with E-state index in [1.165, 1.54) is 44.1 Å². The van der Waals surface area contributed by atoms with Crippen LogP contribution < -0.4 is 0 Å². The Labute approximate surface area is 126 Å². The van der Waals surface area contributed by atoms with Crippen LogP contribution in [-0.4, -0.2) is 5.11 Å². The van der Waals surface area contributed by atoms with Gasteiger partial charge in [0, 0.05) is 11.1 Å². The Balaban J connectivity index is 2.49. The number of hydrogen-bond acceptors (Lipinski definition) is 1. The monoisotopic (exact) mass is 302 g/mol. The summed E-state index contributed by atoms with van der Waals surface area (Å²) in [5.41, 5.74) is 2.82. The van der Waals surface area contributed by atoms with Crippen LogP contribution in [0.25, 0.3) is 0 Å². The zero-order valence-corrected chi connectivity index (χ0v) is 13.2. The van der Waals surface area contributed by atoms with Gasteiger partial charge in [0.1, 0.15) is 5.75 Å². The maximum absolute atomic E-state index is 9.91. The maximum Gasteiger partial charge on any atom is 0.124 e. The summed E-state index contributed by atoms with van der Waals surface area (Å²) < 4.78 is 0. The van der Waals surface area contributed by atoms with Gasteiger partial charge in [-0.25, -0.2) is 0 Å². The molecule has 1 nitrogen and oxygen atoms in total. The largest absolute Gasteiger partial charge is 0.507 e. The van der Waals surface area contributed by atoms with Crippen molar-refractivity contribution < 1.29 is 5.11 Å². The second-order valence-corrected chi connectivity index (χ2v) is 5.58. The van der Waals surface area contributed by atoms with Crippen molar-refractivity contribution >= 4 is 23.2 Å². The second-order valence-electron chi connectivity index (χ2n) is 5.05. The molecule has 0 aliphatic carbocycles. The van der Waals surface area contributed by atoms with Crippen molar-refractivity contribution in [3.05, 3.63) is 28.8 Å². The highest BCUT2D eigenvalue weighted by Gasteiger charge is 2.08. The molecule has 0 unspecified atom stereocenters. The number of unbranched alkanes of at least 4 members (excludes halogenated alkanes) is 5. The Morgan fingerprint density at radius 3 is 1.95 bits per heavy atom. The molecule has 0 aromatic heterocycles. The van der Waals surface area contributed by atoms with Crippen molar-refractivity contribution in [1.82, 2.24) is 0 Å². The molecule has 0 spiro atoms. The van der Waals surface area contributed by atoms with Crippen LogP contribution in [0.4, 0.5) is 0 Å². The van der Waals surface area contributed by atoms with Crippen LogP contribution in [0.3, 0.4) is 0 Å². The summed E-state index contributed by atoms with van der Waals surface area (Å²) >= 11 is 11.7. The van der Waals surface area contributed by atoms with Gasteiger partial charge in [-0.15, -0.1) is 23.2 Å². The number of rotatable bonds is 9. The van der Waals surface area contributed by atoms with E-state index in [4.69, 9.17) is 23.2 Å². The van der Waals surface area contributed by atoms with Crippen LogP contribution >= 0.6 is 23.2 Å². The van der Waals surface area contributed by atoms with Gasteiger partial charge in [-0.2, -0.15) is 0 Å². The number of phenols is 1. The normalized spacial score (nSPS) is 10.9. The molecule has 3 heteroatoms. The summed E-state index contributed by atoms with van der Waals surface area (Å²) in [6.07, 6.45) is 8.79. The molecule has 0 saturated carbocycles. The molecular formula is C16H24Cl2O. The fourth-order valence-electron chi connectivity index (χ4n) is 2.29. The molecule has 1 aromatic rings. The molecule has 0 radical (unpaired) electrons. The van der Waals surface area contributed by atoms with Gasteiger partial charge in [0.2, 0.25) is 0 Å². The molecule has 0 aliphatic rings. The Morgan fingerprint density at radius 2 is 1.42 bits per heavy atom. The summed E-state index contributed by atoms with van der Waals surface area (Å²) in [5, 5.41) is 9.91. The van der Waals surface area contributed by atoms with Crippen molar-refractivity contribution in [3.63, 3.8) is 0 Å². The highest BCUT2D eigenvalue weighted by molar-refractivity contribution is 6.18. The van der Waals surface area contributed by atoms with E-state index < -0.39 is 0 Å². The van der Waals surface area contributed by atoms with E-state index in [0.717, 1.165) is 17.5 Å². The van der Waals surface area contributed by atoms with E-state index >= 15 is 0 Å². The van der Waals surface area contributed by atoms with E-state index in [1.807, 2.05) is 12.1 Å². The Kier molecular flexibility index (Phi) is 8.32. The molecule has 0 atom stereocenters. The molecule has 108 valence electrons. The molecule has 0 fully saturated rings. The van der Waals surface area contributed by atoms with Gasteiger partial charge in [-0.1, -0.05) is 51.2 Å². The third-order valence-corrected chi connectivity index (χ3v) is 4.01. The van der Waals surface area contributed by atoms with Gasteiger partial charge in [0.15, 0.2) is 0 Å². The van der Waals surface area contributed by atoms with Crippen molar-refractivity contribution in [2.24, 2.45) is 0 Å². The molecule has 0 aliphatic heterocycles. The van der Waals surface area contributed by atoms with Crippen LogP contribution in [0, 0.1) is 0 Å². The minimum atomic E-state index is 0.261. The first-order valence-corrected chi connectivity index (χ1v) is 8.25. The van der Waals surface area contributed by atoms with Crippen molar-refractivity contribution in [2.75, 3.05) is 0 Å². The lowest BCUT2D eigenvalue weighted by molar-refractivity contribution is 0.465. The fourth-order valence-corrected chi connectivity index (χ4v) is 2.70. The molecule has 1 rings (SSSR count). The second kappa shape index (κ2) is 9.50. The van der Waals surface area contributed by atoms with Crippen molar-refractivity contribution in [3.8, 4) is 5.75 Å². The van der Waals surface area contributed by atoms with E-state index in [1.54, 1.807) is 0 Å². The number of alkyl halides is 2. The van der Waals surface area contributed by atoms with Gasteiger partial charge < -0.3 is 5.11 Å². The number of benzene rings is 1. The van der Waals surface area contributed by atoms with Crippen LogP contribution in [0.1, 0.15) is 62.1 Å². The highest BCUT2D eigenvalue weighted by atomic mass is 35.5. The standard InChI is InChI=1S/C16H24Cl2O/c1-2-3-4-5-6-7-8-13-9-14(11-17)16(19)15(10-13)12-18/h9-10,19H,2-8,11-12H2,1H3. The summed E-state index contributed by atoms with van der Waals surface area (Å²) in [6.45, 7) is 2.23. The summed E-state index contributed by atoms with van der Waals surface area (Å²) in [4.78, 5) is 0. The summed E-state index contributed by atoms with van der Waals surface area (Å²) in [7, 11) is 0. The lowest BCUT2D eigenvalue weighted by Crippen LogP contribution is -1.93. The number of aryl methyl sites for hydroxylation is 1. The van der Waals surface area contributed by atoms with Gasteiger partial charge in [-0.05, 0) is 18.4 Å².